The Morgan fingerprint density at radius 1 is 1.29 bits per heavy atom. The fourth-order valence-corrected chi connectivity index (χ4v) is 1.93. The molecule has 0 aliphatic carbocycles. The van der Waals surface area contributed by atoms with Gasteiger partial charge in [-0.1, -0.05) is 0 Å². The van der Waals surface area contributed by atoms with Crippen LogP contribution in [0.15, 0.2) is 0 Å². The molecule has 0 atom stereocenters. The van der Waals surface area contributed by atoms with Gasteiger partial charge in [0.05, 0.1) is 6.61 Å². The van der Waals surface area contributed by atoms with E-state index in [4.69, 9.17) is 5.11 Å². The Morgan fingerprint density at radius 2 is 2.07 bits per heavy atom. The molecule has 0 aliphatic heterocycles. The minimum atomic E-state index is 0.212. The molecule has 3 nitrogen and oxygen atoms in total. The van der Waals surface area contributed by atoms with Gasteiger partial charge in [-0.2, -0.15) is 11.8 Å². The number of ketones is 1. The zero-order valence-corrected chi connectivity index (χ0v) is 9.74. The van der Waals surface area contributed by atoms with Crippen LogP contribution in [0, 0.1) is 0 Å². The highest BCUT2D eigenvalue weighted by atomic mass is 32.2. The topological polar surface area (TPSA) is 49.3 Å². The molecule has 0 aromatic carbocycles. The molecular formula is C10H21NO2S. The summed E-state index contributed by atoms with van der Waals surface area (Å²) in [6, 6.07) is 0. The molecule has 0 rings (SSSR count). The average Bonchev–Trinajstić information content (AvgIpc) is 2.15. The van der Waals surface area contributed by atoms with Gasteiger partial charge in [-0.3, -0.25) is 0 Å². The van der Waals surface area contributed by atoms with E-state index < -0.39 is 0 Å². The molecule has 0 amide bonds. The highest BCUT2D eigenvalue weighted by molar-refractivity contribution is 7.99. The maximum Gasteiger partial charge on any atom is 0.129 e. The molecule has 0 spiro atoms. The number of hydrogen-bond donors (Lipinski definition) is 2. The first-order valence-electron chi connectivity index (χ1n) is 5.16. The van der Waals surface area contributed by atoms with Crippen molar-refractivity contribution in [1.29, 1.82) is 0 Å². The number of nitrogens with one attached hydrogen (secondary N) is 1. The van der Waals surface area contributed by atoms with Crippen LogP contribution in [0.2, 0.25) is 0 Å². The second-order valence-electron chi connectivity index (χ2n) is 3.25. The number of carbonyl (C=O) groups excluding carboxylic acids is 1. The minimum Gasteiger partial charge on any atom is -0.395 e. The van der Waals surface area contributed by atoms with Gasteiger partial charge in [0.1, 0.15) is 5.78 Å². The van der Waals surface area contributed by atoms with Crippen LogP contribution < -0.4 is 5.32 Å². The Balaban J connectivity index is 2.88. The number of thioether (sulfide) groups is 1. The summed E-state index contributed by atoms with van der Waals surface area (Å²) in [5.41, 5.74) is 0. The van der Waals surface area contributed by atoms with Gasteiger partial charge in [-0.15, -0.1) is 0 Å². The number of carbonyl (C=O) groups is 1. The van der Waals surface area contributed by atoms with E-state index in [1.807, 2.05) is 11.8 Å². The van der Waals surface area contributed by atoms with Crippen LogP contribution in [0.5, 0.6) is 0 Å². The molecule has 0 radical (unpaired) electrons. The Morgan fingerprint density at radius 3 is 2.71 bits per heavy atom. The molecule has 0 fully saturated rings. The monoisotopic (exact) mass is 219 g/mol. The minimum absolute atomic E-state index is 0.212. The van der Waals surface area contributed by atoms with Crippen molar-refractivity contribution in [2.45, 2.75) is 26.2 Å². The first-order valence-corrected chi connectivity index (χ1v) is 6.31. The lowest BCUT2D eigenvalue weighted by Gasteiger charge is -2.02. The Kier molecular flexibility index (Phi) is 11.0. The Hall–Kier alpha value is -0.0600. The molecule has 0 aromatic heterocycles. The summed E-state index contributed by atoms with van der Waals surface area (Å²) in [6.45, 7) is 3.50. The summed E-state index contributed by atoms with van der Waals surface area (Å²) >= 11 is 1.90. The van der Waals surface area contributed by atoms with E-state index in [0.717, 1.165) is 37.3 Å². The van der Waals surface area contributed by atoms with Crippen LogP contribution in [0.4, 0.5) is 0 Å². The lowest BCUT2D eigenvalue weighted by Crippen LogP contribution is -2.20. The van der Waals surface area contributed by atoms with Crippen LogP contribution in [0.25, 0.3) is 0 Å². The zero-order chi connectivity index (χ0) is 10.6. The van der Waals surface area contributed by atoms with Gasteiger partial charge in [-0.05, 0) is 25.5 Å². The number of rotatable bonds is 10. The van der Waals surface area contributed by atoms with Crippen molar-refractivity contribution in [3.63, 3.8) is 0 Å². The van der Waals surface area contributed by atoms with Crippen molar-refractivity contribution in [3.8, 4) is 0 Å². The number of Topliss-reactive ketones (excluding diaryl/α,β-unsaturated/α-hetero) is 1. The van der Waals surface area contributed by atoms with Crippen LogP contribution in [-0.2, 0) is 4.79 Å². The SMILES string of the molecule is CC(=O)CCCCSCCNCCO. The third kappa shape index (κ3) is 11.9. The highest BCUT2D eigenvalue weighted by Crippen LogP contribution is 2.05. The standard InChI is InChI=1S/C10H21NO2S/c1-10(13)4-2-3-8-14-9-6-11-5-7-12/h11-12H,2-9H2,1H3. The van der Waals surface area contributed by atoms with Crippen LogP contribution in [0.1, 0.15) is 26.2 Å². The van der Waals surface area contributed by atoms with Gasteiger partial charge in [0.15, 0.2) is 0 Å². The number of aliphatic hydroxyl groups excluding tert-OH is 1. The second kappa shape index (κ2) is 11.0. The van der Waals surface area contributed by atoms with Crippen LogP contribution in [0.3, 0.4) is 0 Å². The van der Waals surface area contributed by atoms with Gasteiger partial charge in [0, 0.05) is 25.3 Å². The third-order valence-electron chi connectivity index (χ3n) is 1.78. The first kappa shape index (κ1) is 13.9. The predicted octanol–water partition coefficient (Wildman–Crippen LogP) is 1.06. The van der Waals surface area contributed by atoms with E-state index in [2.05, 4.69) is 5.32 Å². The summed E-state index contributed by atoms with van der Waals surface area (Å²) in [7, 11) is 0. The quantitative estimate of drug-likeness (QED) is 0.539. The normalized spacial score (nSPS) is 10.4. The second-order valence-corrected chi connectivity index (χ2v) is 4.47. The van der Waals surface area contributed by atoms with Crippen molar-refractivity contribution in [1.82, 2.24) is 5.32 Å². The van der Waals surface area contributed by atoms with Crippen LogP contribution >= 0.6 is 11.8 Å². The Labute approximate surface area is 90.7 Å². The molecule has 84 valence electrons. The van der Waals surface area contributed by atoms with Gasteiger partial charge in [0.2, 0.25) is 0 Å². The number of aliphatic hydroxyl groups is 1. The summed E-state index contributed by atoms with van der Waals surface area (Å²) in [5.74, 6) is 2.51. The molecule has 0 bridgehead atoms. The van der Waals surface area contributed by atoms with Crippen molar-refractivity contribution >= 4 is 17.5 Å². The van der Waals surface area contributed by atoms with E-state index >= 15 is 0 Å². The zero-order valence-electron chi connectivity index (χ0n) is 8.92. The fourth-order valence-electron chi connectivity index (χ4n) is 1.03. The van der Waals surface area contributed by atoms with E-state index in [1.165, 1.54) is 0 Å². The van der Waals surface area contributed by atoms with Crippen molar-refractivity contribution in [2.24, 2.45) is 0 Å². The predicted molar refractivity (Wildman–Crippen MR) is 61.8 cm³/mol. The molecule has 0 saturated heterocycles. The average molecular weight is 219 g/mol. The molecular weight excluding hydrogens is 198 g/mol. The molecule has 4 heteroatoms. The summed E-state index contributed by atoms with van der Waals surface area (Å²) in [5, 5.41) is 11.6. The highest BCUT2D eigenvalue weighted by Gasteiger charge is 1.94. The molecule has 14 heavy (non-hydrogen) atoms. The molecule has 0 heterocycles. The fraction of sp³-hybridized carbons (Fsp3) is 0.900. The first-order chi connectivity index (χ1) is 6.77. The lowest BCUT2D eigenvalue weighted by atomic mass is 10.2. The van der Waals surface area contributed by atoms with Crippen molar-refractivity contribution in [2.75, 3.05) is 31.2 Å². The van der Waals surface area contributed by atoms with Crippen molar-refractivity contribution < 1.29 is 9.90 Å². The molecule has 0 aliphatic rings. The smallest absolute Gasteiger partial charge is 0.129 e. The van der Waals surface area contributed by atoms with E-state index in [1.54, 1.807) is 6.92 Å². The summed E-state index contributed by atoms with van der Waals surface area (Å²) in [6.07, 6.45) is 2.87. The van der Waals surface area contributed by atoms with E-state index in [0.29, 0.717) is 12.3 Å². The maximum atomic E-state index is 10.6. The van der Waals surface area contributed by atoms with Crippen LogP contribution in [-0.4, -0.2) is 42.1 Å². The largest absolute Gasteiger partial charge is 0.395 e. The summed E-state index contributed by atoms with van der Waals surface area (Å²) < 4.78 is 0. The molecule has 0 aromatic rings. The van der Waals surface area contributed by atoms with Crippen molar-refractivity contribution in [3.05, 3.63) is 0 Å². The lowest BCUT2D eigenvalue weighted by molar-refractivity contribution is -0.117. The van der Waals surface area contributed by atoms with Gasteiger partial charge >= 0.3 is 0 Å². The molecule has 0 unspecified atom stereocenters. The van der Waals surface area contributed by atoms with E-state index in [9.17, 15) is 4.79 Å². The van der Waals surface area contributed by atoms with Gasteiger partial charge in [0.25, 0.3) is 0 Å². The third-order valence-corrected chi connectivity index (χ3v) is 2.85. The molecule has 2 N–H and O–H groups in total. The van der Waals surface area contributed by atoms with E-state index in [-0.39, 0.29) is 6.61 Å². The van der Waals surface area contributed by atoms with Gasteiger partial charge < -0.3 is 15.2 Å². The maximum absolute atomic E-state index is 10.6. The van der Waals surface area contributed by atoms with Gasteiger partial charge in [-0.25, -0.2) is 0 Å². The molecule has 0 saturated carbocycles. The summed E-state index contributed by atoms with van der Waals surface area (Å²) in [4.78, 5) is 10.6. The number of unbranched alkanes of at least 4 members (excludes halogenated alkanes) is 1. The number of hydrogen-bond acceptors (Lipinski definition) is 4. The Bertz CT molecular complexity index is 142.